The van der Waals surface area contributed by atoms with Gasteiger partial charge in [-0.3, -0.25) is 14.5 Å². The van der Waals surface area contributed by atoms with E-state index in [4.69, 9.17) is 4.74 Å². The molecule has 0 unspecified atom stereocenters. The maximum absolute atomic E-state index is 13.2. The maximum Gasteiger partial charge on any atom is 0.326 e. The zero-order valence-corrected chi connectivity index (χ0v) is 19.1. The molecule has 0 aliphatic carbocycles. The van der Waals surface area contributed by atoms with E-state index >= 15 is 0 Å². The molecule has 3 saturated heterocycles. The minimum atomic E-state index is -1.12. The van der Waals surface area contributed by atoms with Gasteiger partial charge in [-0.05, 0) is 50.3 Å². The van der Waals surface area contributed by atoms with Crippen molar-refractivity contribution in [2.75, 3.05) is 40.0 Å². The highest BCUT2D eigenvalue weighted by molar-refractivity contribution is 6.07. The van der Waals surface area contributed by atoms with E-state index in [9.17, 15) is 14.4 Å². The van der Waals surface area contributed by atoms with Crippen LogP contribution in [-0.2, 0) is 15.1 Å². The molecule has 3 aliphatic rings. The molecule has 32 heavy (non-hydrogen) atoms. The van der Waals surface area contributed by atoms with Crippen LogP contribution in [0, 0.1) is 5.92 Å². The van der Waals surface area contributed by atoms with Crippen LogP contribution >= 0.6 is 0 Å². The molecule has 0 saturated carbocycles. The molecule has 1 atom stereocenters. The summed E-state index contributed by atoms with van der Waals surface area (Å²) in [4.78, 5) is 44.3. The number of carbonyl (C=O) groups is 3. The summed E-state index contributed by atoms with van der Waals surface area (Å²) in [6.07, 6.45) is 6.16. The summed E-state index contributed by atoms with van der Waals surface area (Å²) < 4.78 is 5.27. The molecule has 1 N–H and O–H groups in total. The Morgan fingerprint density at radius 2 is 1.78 bits per heavy atom. The number of nitrogens with one attached hydrogen (secondary N) is 1. The number of rotatable bonds is 5. The van der Waals surface area contributed by atoms with Gasteiger partial charge in [0.1, 0.15) is 11.3 Å². The van der Waals surface area contributed by atoms with Crippen molar-refractivity contribution in [1.29, 1.82) is 0 Å². The summed E-state index contributed by atoms with van der Waals surface area (Å²) >= 11 is 0. The lowest BCUT2D eigenvalue weighted by Gasteiger charge is -2.35. The molecule has 4 rings (SSSR count). The molecule has 174 valence electrons. The van der Waals surface area contributed by atoms with E-state index in [1.54, 1.807) is 20.1 Å². The van der Waals surface area contributed by atoms with Crippen molar-refractivity contribution in [3.05, 3.63) is 29.8 Å². The summed E-state index contributed by atoms with van der Waals surface area (Å²) in [5.41, 5.74) is -0.424. The average Bonchev–Trinajstić information content (AvgIpc) is 3.01. The number of likely N-dealkylation sites (tertiary alicyclic amines) is 2. The van der Waals surface area contributed by atoms with Gasteiger partial charge in [-0.25, -0.2) is 9.69 Å². The minimum Gasteiger partial charge on any atom is -0.497 e. The van der Waals surface area contributed by atoms with E-state index in [1.165, 1.54) is 17.7 Å². The molecule has 3 fully saturated rings. The molecule has 8 nitrogen and oxygen atoms in total. The van der Waals surface area contributed by atoms with Crippen LogP contribution in [0.1, 0.15) is 51.0 Å². The minimum absolute atomic E-state index is 0.0505. The predicted octanol–water partition coefficient (Wildman–Crippen LogP) is 2.53. The van der Waals surface area contributed by atoms with Crippen LogP contribution in [0.25, 0.3) is 0 Å². The number of piperidine rings is 1. The van der Waals surface area contributed by atoms with E-state index in [0.29, 0.717) is 24.4 Å². The molecule has 1 aromatic rings. The Kier molecular flexibility index (Phi) is 6.69. The molecule has 3 aliphatic heterocycles. The highest BCUT2D eigenvalue weighted by atomic mass is 16.5. The summed E-state index contributed by atoms with van der Waals surface area (Å²) in [6, 6.07) is 6.84. The zero-order valence-electron chi connectivity index (χ0n) is 19.1. The van der Waals surface area contributed by atoms with Gasteiger partial charge in [-0.15, -0.1) is 0 Å². The Hall–Kier alpha value is -2.61. The first-order valence-electron chi connectivity index (χ1n) is 11.7. The maximum atomic E-state index is 13.2. The molecule has 4 amide bonds. The first-order valence-corrected chi connectivity index (χ1v) is 11.7. The number of imide groups is 1. The van der Waals surface area contributed by atoms with Crippen molar-refractivity contribution in [3.63, 3.8) is 0 Å². The van der Waals surface area contributed by atoms with Gasteiger partial charge in [0.15, 0.2) is 0 Å². The van der Waals surface area contributed by atoms with Gasteiger partial charge < -0.3 is 15.0 Å². The lowest BCUT2D eigenvalue weighted by Crippen LogP contribution is -2.48. The van der Waals surface area contributed by atoms with Gasteiger partial charge in [0.05, 0.1) is 13.8 Å². The number of hydrogen-bond donors (Lipinski definition) is 1. The first-order chi connectivity index (χ1) is 15.4. The SMILES string of the molecule is COc1cccc([C@@]2(C)NC(=O)N(CN3CCC(C(=O)N4CCCCCC4)CC3)C2=O)c1. The summed E-state index contributed by atoms with van der Waals surface area (Å²) in [6.45, 7) is 5.14. The number of urea groups is 1. The topological polar surface area (TPSA) is 82.2 Å². The number of hydrogen-bond acceptors (Lipinski definition) is 5. The standard InChI is InChI=1S/C24H34N4O4/c1-24(19-8-7-9-20(16-19)32-2)22(30)28(23(31)25-24)17-26-14-10-18(11-15-26)21(29)27-12-5-3-4-6-13-27/h7-9,16,18H,3-6,10-15,17H2,1-2H3,(H,25,31)/t24-/m1/s1. The fourth-order valence-corrected chi connectivity index (χ4v) is 5.03. The van der Waals surface area contributed by atoms with Gasteiger partial charge in [0.25, 0.3) is 5.91 Å². The number of benzene rings is 1. The molecule has 0 radical (unpaired) electrons. The van der Waals surface area contributed by atoms with Crippen LogP contribution in [0.15, 0.2) is 24.3 Å². The molecule has 0 spiro atoms. The van der Waals surface area contributed by atoms with Crippen molar-refractivity contribution in [2.45, 2.75) is 51.0 Å². The summed E-state index contributed by atoms with van der Waals surface area (Å²) in [5.74, 6) is 0.709. The highest BCUT2D eigenvalue weighted by Gasteiger charge is 2.49. The Labute approximate surface area is 189 Å². The van der Waals surface area contributed by atoms with Gasteiger partial charge in [-0.1, -0.05) is 25.0 Å². The van der Waals surface area contributed by atoms with Gasteiger partial charge in [0.2, 0.25) is 5.91 Å². The molecular weight excluding hydrogens is 408 g/mol. The first kappa shape index (κ1) is 22.6. The smallest absolute Gasteiger partial charge is 0.326 e. The van der Waals surface area contributed by atoms with Crippen LogP contribution in [0.5, 0.6) is 5.75 Å². The van der Waals surface area contributed by atoms with Crippen molar-refractivity contribution < 1.29 is 19.1 Å². The van der Waals surface area contributed by atoms with Crippen LogP contribution in [0.3, 0.4) is 0 Å². The van der Waals surface area contributed by atoms with Crippen LogP contribution in [-0.4, -0.2) is 72.5 Å². The normalized spacial score (nSPS) is 25.6. The van der Waals surface area contributed by atoms with Gasteiger partial charge in [-0.2, -0.15) is 0 Å². The lowest BCUT2D eigenvalue weighted by atomic mass is 9.92. The zero-order chi connectivity index (χ0) is 22.7. The largest absolute Gasteiger partial charge is 0.497 e. The second kappa shape index (κ2) is 9.48. The van der Waals surface area contributed by atoms with Crippen LogP contribution < -0.4 is 10.1 Å². The second-order valence-corrected chi connectivity index (χ2v) is 9.29. The second-order valence-electron chi connectivity index (χ2n) is 9.29. The van der Waals surface area contributed by atoms with Crippen molar-refractivity contribution in [1.82, 2.24) is 20.0 Å². The average molecular weight is 443 g/mol. The molecular formula is C24H34N4O4. The fraction of sp³-hybridized carbons (Fsp3) is 0.625. The highest BCUT2D eigenvalue weighted by Crippen LogP contribution is 2.31. The molecule has 3 heterocycles. The predicted molar refractivity (Wildman–Crippen MR) is 120 cm³/mol. The van der Waals surface area contributed by atoms with Crippen molar-refractivity contribution in [2.24, 2.45) is 5.92 Å². The number of methoxy groups -OCH3 is 1. The summed E-state index contributed by atoms with van der Waals surface area (Å²) in [7, 11) is 1.57. The quantitative estimate of drug-likeness (QED) is 0.709. The molecule has 0 bridgehead atoms. The molecule has 1 aromatic carbocycles. The van der Waals surface area contributed by atoms with Crippen molar-refractivity contribution in [3.8, 4) is 5.75 Å². The Morgan fingerprint density at radius 3 is 2.44 bits per heavy atom. The Balaban J connectivity index is 1.35. The third kappa shape index (κ3) is 4.46. The number of ether oxygens (including phenoxy) is 1. The van der Waals surface area contributed by atoms with Crippen LogP contribution in [0.4, 0.5) is 4.79 Å². The third-order valence-electron chi connectivity index (χ3n) is 7.12. The van der Waals surface area contributed by atoms with E-state index in [2.05, 4.69) is 10.2 Å². The lowest BCUT2D eigenvalue weighted by molar-refractivity contribution is -0.138. The van der Waals surface area contributed by atoms with E-state index < -0.39 is 5.54 Å². The monoisotopic (exact) mass is 442 g/mol. The molecule has 0 aromatic heterocycles. The van der Waals surface area contributed by atoms with E-state index in [1.807, 2.05) is 23.1 Å². The Bertz CT molecular complexity index is 859. The summed E-state index contributed by atoms with van der Waals surface area (Å²) in [5, 5.41) is 2.86. The van der Waals surface area contributed by atoms with Gasteiger partial charge in [0, 0.05) is 32.1 Å². The third-order valence-corrected chi connectivity index (χ3v) is 7.12. The van der Waals surface area contributed by atoms with Crippen LogP contribution in [0.2, 0.25) is 0 Å². The number of amides is 4. The number of carbonyl (C=O) groups excluding carboxylic acids is 3. The fourth-order valence-electron chi connectivity index (χ4n) is 5.03. The van der Waals surface area contributed by atoms with E-state index in [-0.39, 0.29) is 30.4 Å². The van der Waals surface area contributed by atoms with Gasteiger partial charge >= 0.3 is 6.03 Å². The molecule has 8 heteroatoms. The Morgan fingerprint density at radius 1 is 1.09 bits per heavy atom. The van der Waals surface area contributed by atoms with Crippen molar-refractivity contribution >= 4 is 17.8 Å². The number of nitrogens with zero attached hydrogens (tertiary/aromatic N) is 3. The van der Waals surface area contributed by atoms with E-state index in [0.717, 1.165) is 38.8 Å².